The molecule has 1 rings (SSSR count). The molecule has 0 aliphatic heterocycles. The van der Waals surface area contributed by atoms with Gasteiger partial charge in [-0.05, 0) is 12.5 Å². The SMILES string of the molecule is C[C@H](Cc1ccccc1)[N+](C)(C)N. The molecule has 72 valence electrons. The van der Waals surface area contributed by atoms with Gasteiger partial charge in [0.05, 0.1) is 14.1 Å². The molecule has 0 bridgehead atoms. The Balaban J connectivity index is 2.61. The Bertz CT molecular complexity index is 249. The van der Waals surface area contributed by atoms with Gasteiger partial charge in [0.2, 0.25) is 0 Å². The van der Waals surface area contributed by atoms with Crippen LogP contribution in [0.3, 0.4) is 0 Å². The number of benzene rings is 1. The van der Waals surface area contributed by atoms with Gasteiger partial charge in [-0.2, -0.15) is 5.84 Å². The van der Waals surface area contributed by atoms with Gasteiger partial charge in [-0.1, -0.05) is 30.3 Å². The first kappa shape index (κ1) is 10.2. The predicted octanol–water partition coefficient (Wildman–Crippen LogP) is 1.57. The zero-order chi connectivity index (χ0) is 9.90. The highest BCUT2D eigenvalue weighted by atomic mass is 15.6. The number of nitrogens with zero attached hydrogens (tertiary/aromatic N) is 1. The minimum absolute atomic E-state index is 0.447. The molecule has 2 heteroatoms. The molecule has 0 amide bonds. The molecule has 2 nitrogen and oxygen atoms in total. The van der Waals surface area contributed by atoms with Crippen LogP contribution in [0.4, 0.5) is 0 Å². The molecule has 0 aromatic heterocycles. The number of quaternary nitrogens is 1. The van der Waals surface area contributed by atoms with Crippen molar-refractivity contribution in [1.29, 1.82) is 0 Å². The van der Waals surface area contributed by atoms with E-state index in [0.717, 1.165) is 6.42 Å². The highest BCUT2D eigenvalue weighted by Gasteiger charge is 2.19. The summed E-state index contributed by atoms with van der Waals surface area (Å²) in [4.78, 5) is 0. The average Bonchev–Trinajstić information content (AvgIpc) is 2.04. The van der Waals surface area contributed by atoms with Crippen LogP contribution in [0, 0.1) is 0 Å². The van der Waals surface area contributed by atoms with Crippen LogP contribution < -0.4 is 5.84 Å². The van der Waals surface area contributed by atoms with Crippen LogP contribution in [0.25, 0.3) is 0 Å². The van der Waals surface area contributed by atoms with Crippen LogP contribution in [0.2, 0.25) is 0 Å². The zero-order valence-corrected chi connectivity index (χ0v) is 8.70. The second-order valence-corrected chi connectivity index (χ2v) is 4.17. The fourth-order valence-electron chi connectivity index (χ4n) is 1.19. The largest absolute Gasteiger partial charge is 0.251 e. The van der Waals surface area contributed by atoms with Gasteiger partial charge < -0.3 is 0 Å². The number of nitrogens with two attached hydrogens (primary N) is 1. The smallest absolute Gasteiger partial charge is 0.107 e. The Hall–Kier alpha value is -0.860. The lowest BCUT2D eigenvalue weighted by Crippen LogP contribution is -2.54. The third-order valence-corrected chi connectivity index (χ3v) is 2.51. The van der Waals surface area contributed by atoms with Gasteiger partial charge in [-0.3, -0.25) is 4.59 Å². The standard InChI is InChI=1S/C11H19N2/c1-10(13(2,3)12)9-11-7-5-4-6-8-11/h4-8,10H,9,12H2,1-3H3/q+1/t10-/m1/s1. The molecule has 2 N–H and O–H groups in total. The maximum absolute atomic E-state index is 5.96. The second-order valence-electron chi connectivity index (χ2n) is 4.17. The lowest BCUT2D eigenvalue weighted by Gasteiger charge is -2.29. The molecular weight excluding hydrogens is 160 g/mol. The molecule has 13 heavy (non-hydrogen) atoms. The lowest BCUT2D eigenvalue weighted by atomic mass is 10.1. The van der Waals surface area contributed by atoms with Gasteiger partial charge in [-0.15, -0.1) is 0 Å². The summed E-state index contributed by atoms with van der Waals surface area (Å²) in [6, 6.07) is 10.9. The van der Waals surface area contributed by atoms with Crippen LogP contribution in [0.1, 0.15) is 12.5 Å². The van der Waals surface area contributed by atoms with Crippen molar-refractivity contribution in [2.24, 2.45) is 5.84 Å². The molecule has 1 aromatic rings. The first-order valence-corrected chi connectivity index (χ1v) is 4.66. The van der Waals surface area contributed by atoms with E-state index in [-0.39, 0.29) is 0 Å². The molecule has 0 spiro atoms. The van der Waals surface area contributed by atoms with E-state index in [1.165, 1.54) is 5.56 Å². The Morgan fingerprint density at radius 1 is 1.23 bits per heavy atom. The van der Waals surface area contributed by atoms with Gasteiger partial charge in [-0.25, -0.2) is 0 Å². The minimum Gasteiger partial charge on any atom is -0.251 e. The molecular formula is C11H19N2+. The van der Waals surface area contributed by atoms with Gasteiger partial charge in [0.15, 0.2) is 0 Å². The minimum atomic E-state index is 0.447. The third kappa shape index (κ3) is 3.17. The summed E-state index contributed by atoms with van der Waals surface area (Å²) in [7, 11) is 4.04. The number of likely N-dealkylation sites (N-methyl/N-ethyl adjacent to an activating group) is 1. The molecule has 0 aliphatic carbocycles. The molecule has 0 unspecified atom stereocenters. The summed E-state index contributed by atoms with van der Waals surface area (Å²) in [5, 5.41) is 0. The molecule has 0 saturated carbocycles. The summed E-state index contributed by atoms with van der Waals surface area (Å²) < 4.78 is 0.523. The van der Waals surface area contributed by atoms with Crippen LogP contribution >= 0.6 is 0 Å². The summed E-state index contributed by atoms with van der Waals surface area (Å²) >= 11 is 0. The van der Waals surface area contributed by atoms with Crippen LogP contribution in [-0.4, -0.2) is 24.7 Å². The summed E-state index contributed by atoms with van der Waals surface area (Å²) in [6.45, 7) is 2.17. The van der Waals surface area contributed by atoms with E-state index < -0.39 is 0 Å². The van der Waals surface area contributed by atoms with Gasteiger partial charge in [0.1, 0.15) is 6.04 Å². The highest BCUT2D eigenvalue weighted by Crippen LogP contribution is 2.08. The maximum atomic E-state index is 5.96. The van der Waals surface area contributed by atoms with E-state index >= 15 is 0 Å². The quantitative estimate of drug-likeness (QED) is 0.425. The molecule has 0 saturated heterocycles. The summed E-state index contributed by atoms with van der Waals surface area (Å²) in [5.74, 6) is 5.96. The van der Waals surface area contributed by atoms with E-state index in [4.69, 9.17) is 5.84 Å². The number of rotatable bonds is 3. The fourth-order valence-corrected chi connectivity index (χ4v) is 1.19. The molecule has 0 fully saturated rings. The third-order valence-electron chi connectivity index (χ3n) is 2.51. The Kier molecular flexibility index (Phi) is 3.07. The van der Waals surface area contributed by atoms with Crippen molar-refractivity contribution in [2.45, 2.75) is 19.4 Å². The summed E-state index contributed by atoms with van der Waals surface area (Å²) in [5.41, 5.74) is 1.35. The van der Waals surface area contributed by atoms with Crippen molar-refractivity contribution < 1.29 is 4.59 Å². The molecule has 1 atom stereocenters. The van der Waals surface area contributed by atoms with E-state index in [2.05, 4.69) is 31.2 Å². The maximum Gasteiger partial charge on any atom is 0.107 e. The van der Waals surface area contributed by atoms with Crippen molar-refractivity contribution >= 4 is 0 Å². The van der Waals surface area contributed by atoms with Gasteiger partial charge in [0, 0.05) is 6.42 Å². The van der Waals surface area contributed by atoms with E-state index in [0.29, 0.717) is 10.6 Å². The first-order chi connectivity index (χ1) is 6.00. The van der Waals surface area contributed by atoms with Crippen molar-refractivity contribution in [1.82, 2.24) is 0 Å². The Morgan fingerprint density at radius 2 is 1.77 bits per heavy atom. The number of hydrogen-bond acceptors (Lipinski definition) is 1. The van der Waals surface area contributed by atoms with Crippen molar-refractivity contribution in [3.05, 3.63) is 35.9 Å². The van der Waals surface area contributed by atoms with Crippen molar-refractivity contribution in [2.75, 3.05) is 14.1 Å². The van der Waals surface area contributed by atoms with E-state index in [9.17, 15) is 0 Å². The Labute approximate surface area is 80.5 Å². The predicted molar refractivity (Wildman–Crippen MR) is 55.9 cm³/mol. The van der Waals surface area contributed by atoms with Crippen LogP contribution in [0.5, 0.6) is 0 Å². The molecule has 0 radical (unpaired) electrons. The lowest BCUT2D eigenvalue weighted by molar-refractivity contribution is -0.924. The fraction of sp³-hybridized carbons (Fsp3) is 0.455. The van der Waals surface area contributed by atoms with Crippen molar-refractivity contribution in [3.63, 3.8) is 0 Å². The van der Waals surface area contributed by atoms with Crippen LogP contribution in [0.15, 0.2) is 30.3 Å². The second kappa shape index (κ2) is 3.90. The highest BCUT2D eigenvalue weighted by molar-refractivity contribution is 5.15. The number of hydrogen-bond donors (Lipinski definition) is 1. The van der Waals surface area contributed by atoms with E-state index in [1.807, 2.05) is 20.2 Å². The average molecular weight is 179 g/mol. The van der Waals surface area contributed by atoms with E-state index in [1.54, 1.807) is 0 Å². The summed E-state index contributed by atoms with van der Waals surface area (Å²) in [6.07, 6.45) is 1.03. The molecule has 1 aromatic carbocycles. The topological polar surface area (TPSA) is 26.0 Å². The normalized spacial score (nSPS) is 14.2. The zero-order valence-electron chi connectivity index (χ0n) is 8.70. The van der Waals surface area contributed by atoms with Crippen molar-refractivity contribution in [3.8, 4) is 0 Å². The molecule has 0 heterocycles. The monoisotopic (exact) mass is 179 g/mol. The Morgan fingerprint density at radius 3 is 2.23 bits per heavy atom. The van der Waals surface area contributed by atoms with Crippen LogP contribution in [-0.2, 0) is 6.42 Å². The first-order valence-electron chi connectivity index (χ1n) is 4.66. The van der Waals surface area contributed by atoms with Gasteiger partial charge >= 0.3 is 0 Å². The van der Waals surface area contributed by atoms with Gasteiger partial charge in [0.25, 0.3) is 0 Å². The molecule has 0 aliphatic rings.